The van der Waals surface area contributed by atoms with Crippen molar-refractivity contribution >= 4 is 0 Å². The van der Waals surface area contributed by atoms with Crippen LogP contribution in [-0.4, -0.2) is 11.7 Å². The highest BCUT2D eigenvalue weighted by Crippen LogP contribution is 2.59. The smallest absolute Gasteiger partial charge is 0.0433 e. The molecule has 0 aliphatic heterocycles. The van der Waals surface area contributed by atoms with Gasteiger partial charge in [-0.25, -0.2) is 0 Å². The van der Waals surface area contributed by atoms with Crippen LogP contribution in [0.4, 0.5) is 0 Å². The van der Waals surface area contributed by atoms with E-state index in [-0.39, 0.29) is 0 Å². The minimum atomic E-state index is 0.404. The van der Waals surface area contributed by atoms with Crippen LogP contribution in [0.1, 0.15) is 38.5 Å². The summed E-state index contributed by atoms with van der Waals surface area (Å²) >= 11 is 0. The monoisotopic (exact) mass is 140 g/mol. The first-order valence-corrected chi connectivity index (χ1v) is 4.46. The van der Waals surface area contributed by atoms with Gasteiger partial charge in [-0.15, -0.1) is 0 Å². The van der Waals surface area contributed by atoms with Gasteiger partial charge in [0.2, 0.25) is 0 Å². The van der Waals surface area contributed by atoms with Crippen molar-refractivity contribution in [1.29, 1.82) is 0 Å². The molecule has 2 saturated carbocycles. The van der Waals surface area contributed by atoms with Gasteiger partial charge in [0.1, 0.15) is 0 Å². The number of aliphatic hydroxyl groups is 1. The minimum absolute atomic E-state index is 0.404. The van der Waals surface area contributed by atoms with Gasteiger partial charge in [-0.3, -0.25) is 0 Å². The Morgan fingerprint density at radius 1 is 1.30 bits per heavy atom. The maximum atomic E-state index is 8.66. The predicted molar refractivity (Wildman–Crippen MR) is 40.7 cm³/mol. The van der Waals surface area contributed by atoms with Crippen molar-refractivity contribution < 1.29 is 5.11 Å². The molecule has 0 amide bonds. The van der Waals surface area contributed by atoms with Crippen molar-refractivity contribution in [3.8, 4) is 0 Å². The second kappa shape index (κ2) is 2.23. The molecule has 0 heterocycles. The normalized spacial score (nSPS) is 29.7. The molecule has 58 valence electrons. The van der Waals surface area contributed by atoms with E-state index in [1.54, 1.807) is 0 Å². The molecule has 0 radical (unpaired) electrons. The zero-order valence-corrected chi connectivity index (χ0v) is 6.47. The van der Waals surface area contributed by atoms with Gasteiger partial charge in [-0.05, 0) is 43.4 Å². The number of hydrogen-bond acceptors (Lipinski definition) is 1. The van der Waals surface area contributed by atoms with Gasteiger partial charge in [-0.1, -0.05) is 6.42 Å². The average Bonchev–Trinajstić information content (AvgIpc) is 1.72. The van der Waals surface area contributed by atoms with Gasteiger partial charge < -0.3 is 5.11 Å². The second-order valence-electron chi connectivity index (χ2n) is 4.14. The Labute approximate surface area is 62.4 Å². The van der Waals surface area contributed by atoms with E-state index in [0.29, 0.717) is 6.61 Å². The Kier molecular flexibility index (Phi) is 1.48. The molecule has 1 heteroatoms. The Hall–Kier alpha value is -0.0400. The predicted octanol–water partition coefficient (Wildman–Crippen LogP) is 1.95. The number of hydrogen-bond donors (Lipinski definition) is 1. The lowest BCUT2D eigenvalue weighted by Gasteiger charge is -2.54. The van der Waals surface area contributed by atoms with Gasteiger partial charge in [0.15, 0.2) is 0 Å². The summed E-state index contributed by atoms with van der Waals surface area (Å²) in [5.74, 6) is 0.880. The maximum Gasteiger partial charge on any atom is 0.0433 e. The van der Waals surface area contributed by atoms with E-state index in [9.17, 15) is 0 Å². The molecule has 0 atom stereocenters. The highest BCUT2D eigenvalue weighted by molar-refractivity contribution is 4.98. The zero-order valence-electron chi connectivity index (χ0n) is 6.47. The molecule has 0 aromatic rings. The van der Waals surface area contributed by atoms with Crippen LogP contribution in [0.25, 0.3) is 0 Å². The molecule has 0 saturated heterocycles. The first kappa shape index (κ1) is 6.66. The summed E-state index contributed by atoms with van der Waals surface area (Å²) in [4.78, 5) is 0. The van der Waals surface area contributed by atoms with Crippen LogP contribution in [-0.2, 0) is 0 Å². The highest BCUT2D eigenvalue weighted by atomic mass is 16.3. The zero-order chi connectivity index (χ0) is 7.03. The van der Waals surface area contributed by atoms with Gasteiger partial charge >= 0.3 is 0 Å². The topological polar surface area (TPSA) is 20.2 Å². The van der Waals surface area contributed by atoms with E-state index in [4.69, 9.17) is 5.11 Å². The molecular weight excluding hydrogens is 124 g/mol. The lowest BCUT2D eigenvalue weighted by molar-refractivity contribution is -0.0329. The molecule has 0 aromatic carbocycles. The van der Waals surface area contributed by atoms with E-state index in [1.807, 2.05) is 0 Å². The first-order valence-electron chi connectivity index (χ1n) is 4.46. The molecule has 10 heavy (non-hydrogen) atoms. The molecule has 0 unspecified atom stereocenters. The van der Waals surface area contributed by atoms with Crippen molar-refractivity contribution in [2.45, 2.75) is 38.5 Å². The fourth-order valence-corrected chi connectivity index (χ4v) is 2.64. The molecule has 1 N–H and O–H groups in total. The summed E-state index contributed by atoms with van der Waals surface area (Å²) in [6.07, 6.45) is 8.33. The molecule has 2 aliphatic rings. The highest BCUT2D eigenvalue weighted by Gasteiger charge is 2.47. The van der Waals surface area contributed by atoms with Gasteiger partial charge in [0, 0.05) is 6.61 Å². The van der Waals surface area contributed by atoms with Crippen molar-refractivity contribution in [3.63, 3.8) is 0 Å². The quantitative estimate of drug-likeness (QED) is 0.621. The summed E-state index contributed by atoms with van der Waals surface area (Å²) in [6.45, 7) is 0.404. The van der Waals surface area contributed by atoms with Crippen LogP contribution in [0.15, 0.2) is 0 Å². The van der Waals surface area contributed by atoms with Crippen LogP contribution in [0, 0.1) is 11.3 Å². The van der Waals surface area contributed by atoms with Crippen molar-refractivity contribution in [1.82, 2.24) is 0 Å². The molecule has 0 bridgehead atoms. The molecule has 2 rings (SSSR count). The molecule has 2 aliphatic carbocycles. The van der Waals surface area contributed by atoms with E-state index >= 15 is 0 Å². The van der Waals surface area contributed by atoms with Crippen LogP contribution in [0.2, 0.25) is 0 Å². The molecule has 1 nitrogen and oxygen atoms in total. The van der Waals surface area contributed by atoms with Crippen molar-refractivity contribution in [2.75, 3.05) is 6.61 Å². The fourth-order valence-electron chi connectivity index (χ4n) is 2.64. The standard InChI is InChI=1S/C9H16O/c10-5-2-8-6-9(7-8)3-1-4-9/h8,10H,1-7H2. The fraction of sp³-hybridized carbons (Fsp3) is 1.00. The lowest BCUT2D eigenvalue weighted by atomic mass is 9.51. The Balaban J connectivity index is 1.72. The molecular formula is C9H16O. The largest absolute Gasteiger partial charge is 0.396 e. The van der Waals surface area contributed by atoms with Crippen molar-refractivity contribution in [3.05, 3.63) is 0 Å². The number of rotatable bonds is 2. The third-order valence-electron chi connectivity index (χ3n) is 3.39. The van der Waals surface area contributed by atoms with E-state index in [1.165, 1.54) is 32.1 Å². The Bertz CT molecular complexity index is 119. The minimum Gasteiger partial charge on any atom is -0.396 e. The van der Waals surface area contributed by atoms with Crippen LogP contribution >= 0.6 is 0 Å². The van der Waals surface area contributed by atoms with Crippen LogP contribution < -0.4 is 0 Å². The molecule has 1 spiro atoms. The van der Waals surface area contributed by atoms with Gasteiger partial charge in [0.05, 0.1) is 0 Å². The van der Waals surface area contributed by atoms with Crippen LogP contribution in [0.3, 0.4) is 0 Å². The summed E-state index contributed by atoms with van der Waals surface area (Å²) in [5.41, 5.74) is 0.805. The Morgan fingerprint density at radius 2 is 2.00 bits per heavy atom. The number of aliphatic hydroxyl groups excluding tert-OH is 1. The molecule has 2 fully saturated rings. The van der Waals surface area contributed by atoms with Gasteiger partial charge in [0.25, 0.3) is 0 Å². The Morgan fingerprint density at radius 3 is 2.40 bits per heavy atom. The van der Waals surface area contributed by atoms with E-state index in [0.717, 1.165) is 17.8 Å². The SMILES string of the molecule is OCCC1CC2(CCC2)C1. The van der Waals surface area contributed by atoms with Crippen molar-refractivity contribution in [2.24, 2.45) is 11.3 Å². The second-order valence-corrected chi connectivity index (χ2v) is 4.14. The lowest BCUT2D eigenvalue weighted by Crippen LogP contribution is -2.42. The third kappa shape index (κ3) is 0.878. The van der Waals surface area contributed by atoms with E-state index < -0.39 is 0 Å². The van der Waals surface area contributed by atoms with Gasteiger partial charge in [-0.2, -0.15) is 0 Å². The summed E-state index contributed by atoms with van der Waals surface area (Å²) < 4.78 is 0. The average molecular weight is 140 g/mol. The molecule has 0 aromatic heterocycles. The third-order valence-corrected chi connectivity index (χ3v) is 3.39. The van der Waals surface area contributed by atoms with Crippen LogP contribution in [0.5, 0.6) is 0 Å². The summed E-state index contributed by atoms with van der Waals surface area (Å²) in [7, 11) is 0. The summed E-state index contributed by atoms with van der Waals surface area (Å²) in [5, 5.41) is 8.66. The summed E-state index contributed by atoms with van der Waals surface area (Å²) in [6, 6.07) is 0. The maximum absolute atomic E-state index is 8.66. The first-order chi connectivity index (χ1) is 4.85. The van der Waals surface area contributed by atoms with E-state index in [2.05, 4.69) is 0 Å².